The number of nitrogen functional groups attached to an aromatic ring is 1. The Kier molecular flexibility index (Phi) is 3.33. The van der Waals surface area contributed by atoms with Crippen molar-refractivity contribution in [2.24, 2.45) is 0 Å². The lowest BCUT2D eigenvalue weighted by molar-refractivity contribution is 0.734. The number of hydrogen-bond acceptors (Lipinski definition) is 6. The van der Waals surface area contributed by atoms with Gasteiger partial charge < -0.3 is 11.1 Å². The number of anilines is 2. The first kappa shape index (κ1) is 12.3. The first-order valence-corrected chi connectivity index (χ1v) is 7.44. The van der Waals surface area contributed by atoms with Crippen LogP contribution in [0.4, 0.5) is 11.6 Å². The average Bonchev–Trinajstić information content (AvgIpc) is 3.11. The number of nitrogens with zero attached hydrogens (tertiary/aromatic N) is 3. The van der Waals surface area contributed by atoms with Crippen molar-refractivity contribution in [2.75, 3.05) is 11.1 Å². The molecule has 0 bridgehead atoms. The second-order valence-corrected chi connectivity index (χ2v) is 5.71. The molecule has 1 aliphatic rings. The van der Waals surface area contributed by atoms with E-state index in [1.165, 1.54) is 12.8 Å². The monoisotopic (exact) mass is 275 g/mol. The van der Waals surface area contributed by atoms with Gasteiger partial charge in [0.2, 0.25) is 0 Å². The fourth-order valence-corrected chi connectivity index (χ4v) is 2.78. The van der Waals surface area contributed by atoms with Gasteiger partial charge >= 0.3 is 0 Å². The van der Waals surface area contributed by atoms with Crippen LogP contribution in [0.2, 0.25) is 0 Å². The van der Waals surface area contributed by atoms with Crippen molar-refractivity contribution in [2.45, 2.75) is 38.1 Å². The minimum atomic E-state index is 0.182. The third-order valence-corrected chi connectivity index (χ3v) is 4.07. The second-order valence-electron chi connectivity index (χ2n) is 4.79. The van der Waals surface area contributed by atoms with Crippen LogP contribution in [0.3, 0.4) is 0 Å². The summed E-state index contributed by atoms with van der Waals surface area (Å²) in [5.41, 5.74) is 5.86. The number of rotatable bonds is 5. The molecular formula is C13H17N5S. The van der Waals surface area contributed by atoms with E-state index in [-0.39, 0.29) is 6.04 Å². The fraction of sp³-hybridized carbons (Fsp3) is 0.462. The molecule has 1 unspecified atom stereocenters. The van der Waals surface area contributed by atoms with Crippen LogP contribution in [-0.2, 0) is 0 Å². The van der Waals surface area contributed by atoms with Crippen LogP contribution in [0.15, 0.2) is 17.6 Å². The lowest BCUT2D eigenvalue weighted by Gasteiger charge is -2.15. The van der Waals surface area contributed by atoms with Crippen LogP contribution in [-0.4, -0.2) is 15.0 Å². The molecule has 2 aromatic rings. The van der Waals surface area contributed by atoms with E-state index in [4.69, 9.17) is 5.73 Å². The molecule has 19 heavy (non-hydrogen) atoms. The van der Waals surface area contributed by atoms with E-state index >= 15 is 0 Å². The molecule has 0 amide bonds. The van der Waals surface area contributed by atoms with Gasteiger partial charge in [0.1, 0.15) is 22.5 Å². The van der Waals surface area contributed by atoms with Crippen molar-refractivity contribution < 1.29 is 0 Å². The highest BCUT2D eigenvalue weighted by molar-refractivity contribution is 7.09. The summed E-state index contributed by atoms with van der Waals surface area (Å²) >= 11 is 1.65. The Morgan fingerprint density at radius 2 is 2.32 bits per heavy atom. The topological polar surface area (TPSA) is 76.7 Å². The summed E-state index contributed by atoms with van der Waals surface area (Å²) < 4.78 is 0. The standard InChI is InChI=1S/C13H17N5S/c1-2-9(13-15-5-6-19-13)16-11-7-10(14)17-12(18-11)8-3-4-8/h5-9H,2-4H2,1H3,(H3,14,16,17,18). The third-order valence-electron chi connectivity index (χ3n) is 3.19. The van der Waals surface area contributed by atoms with E-state index in [0.29, 0.717) is 11.7 Å². The zero-order valence-corrected chi connectivity index (χ0v) is 11.7. The van der Waals surface area contributed by atoms with Gasteiger partial charge in [-0.05, 0) is 19.3 Å². The molecule has 0 spiro atoms. The zero-order chi connectivity index (χ0) is 13.2. The molecule has 6 heteroatoms. The van der Waals surface area contributed by atoms with Gasteiger partial charge in [0, 0.05) is 23.6 Å². The molecule has 0 aliphatic heterocycles. The van der Waals surface area contributed by atoms with E-state index < -0.39 is 0 Å². The first-order chi connectivity index (χ1) is 9.26. The number of hydrogen-bond donors (Lipinski definition) is 2. The van der Waals surface area contributed by atoms with Crippen molar-refractivity contribution in [3.8, 4) is 0 Å². The van der Waals surface area contributed by atoms with Crippen LogP contribution < -0.4 is 11.1 Å². The fourth-order valence-electron chi connectivity index (χ4n) is 2.01. The zero-order valence-electron chi connectivity index (χ0n) is 10.8. The minimum Gasteiger partial charge on any atom is -0.384 e. The molecule has 0 radical (unpaired) electrons. The first-order valence-electron chi connectivity index (χ1n) is 6.56. The maximum Gasteiger partial charge on any atom is 0.136 e. The van der Waals surface area contributed by atoms with E-state index in [1.807, 2.05) is 11.6 Å². The van der Waals surface area contributed by atoms with E-state index in [9.17, 15) is 0 Å². The Labute approximate surface area is 116 Å². The molecule has 1 atom stereocenters. The number of nitrogens with two attached hydrogens (primary N) is 1. The molecule has 100 valence electrons. The summed E-state index contributed by atoms with van der Waals surface area (Å²) in [6, 6.07) is 1.98. The van der Waals surface area contributed by atoms with Gasteiger partial charge in [-0.25, -0.2) is 15.0 Å². The Balaban J connectivity index is 1.81. The summed E-state index contributed by atoms with van der Waals surface area (Å²) in [5.74, 6) is 2.71. The Bertz CT molecular complexity index is 550. The highest BCUT2D eigenvalue weighted by atomic mass is 32.1. The summed E-state index contributed by atoms with van der Waals surface area (Å²) in [6.07, 6.45) is 5.13. The molecule has 1 fully saturated rings. The van der Waals surface area contributed by atoms with Gasteiger partial charge in [-0.15, -0.1) is 11.3 Å². The predicted molar refractivity (Wildman–Crippen MR) is 77.2 cm³/mol. The van der Waals surface area contributed by atoms with Crippen LogP contribution in [0.1, 0.15) is 49.0 Å². The smallest absolute Gasteiger partial charge is 0.136 e. The quantitative estimate of drug-likeness (QED) is 0.877. The molecule has 5 nitrogen and oxygen atoms in total. The lowest BCUT2D eigenvalue weighted by atomic mass is 10.2. The Morgan fingerprint density at radius 1 is 1.47 bits per heavy atom. The maximum absolute atomic E-state index is 5.86. The summed E-state index contributed by atoms with van der Waals surface area (Å²) in [5, 5.41) is 6.48. The number of aromatic nitrogens is 3. The Morgan fingerprint density at radius 3 is 2.95 bits per heavy atom. The third kappa shape index (κ3) is 2.84. The van der Waals surface area contributed by atoms with Gasteiger partial charge in [0.25, 0.3) is 0 Å². The van der Waals surface area contributed by atoms with Crippen molar-refractivity contribution >= 4 is 23.0 Å². The SMILES string of the molecule is CCC(Nc1cc(N)nc(C2CC2)n1)c1nccs1. The highest BCUT2D eigenvalue weighted by Crippen LogP contribution is 2.38. The van der Waals surface area contributed by atoms with Crippen molar-refractivity contribution in [1.29, 1.82) is 0 Å². The summed E-state index contributed by atoms with van der Waals surface area (Å²) in [6.45, 7) is 2.13. The molecule has 0 aromatic carbocycles. The van der Waals surface area contributed by atoms with Gasteiger partial charge in [0.15, 0.2) is 0 Å². The van der Waals surface area contributed by atoms with E-state index in [0.717, 1.165) is 23.1 Å². The molecular weight excluding hydrogens is 258 g/mol. The molecule has 3 N–H and O–H groups in total. The summed E-state index contributed by atoms with van der Waals surface area (Å²) in [7, 11) is 0. The van der Waals surface area contributed by atoms with E-state index in [2.05, 4.69) is 27.2 Å². The molecule has 2 aromatic heterocycles. The highest BCUT2D eigenvalue weighted by Gasteiger charge is 2.27. The Hall–Kier alpha value is -1.69. The molecule has 3 rings (SSSR count). The molecule has 2 heterocycles. The summed E-state index contributed by atoms with van der Waals surface area (Å²) in [4.78, 5) is 13.2. The van der Waals surface area contributed by atoms with E-state index in [1.54, 1.807) is 17.4 Å². The minimum absolute atomic E-state index is 0.182. The molecule has 1 saturated carbocycles. The lowest BCUT2D eigenvalue weighted by Crippen LogP contribution is -2.12. The average molecular weight is 275 g/mol. The van der Waals surface area contributed by atoms with Crippen LogP contribution >= 0.6 is 11.3 Å². The molecule has 0 saturated heterocycles. The predicted octanol–water partition coefficient (Wildman–Crippen LogP) is 2.96. The van der Waals surface area contributed by atoms with Crippen molar-refractivity contribution in [3.05, 3.63) is 28.5 Å². The van der Waals surface area contributed by atoms with Crippen LogP contribution in [0.5, 0.6) is 0 Å². The molecule has 1 aliphatic carbocycles. The largest absolute Gasteiger partial charge is 0.384 e. The van der Waals surface area contributed by atoms with Gasteiger partial charge in [-0.3, -0.25) is 0 Å². The normalized spacial score (nSPS) is 16.3. The van der Waals surface area contributed by atoms with Gasteiger partial charge in [-0.1, -0.05) is 6.92 Å². The van der Waals surface area contributed by atoms with Gasteiger partial charge in [0.05, 0.1) is 6.04 Å². The van der Waals surface area contributed by atoms with Crippen molar-refractivity contribution in [1.82, 2.24) is 15.0 Å². The second kappa shape index (κ2) is 5.13. The van der Waals surface area contributed by atoms with Gasteiger partial charge in [-0.2, -0.15) is 0 Å². The van der Waals surface area contributed by atoms with Crippen LogP contribution in [0.25, 0.3) is 0 Å². The van der Waals surface area contributed by atoms with Crippen molar-refractivity contribution in [3.63, 3.8) is 0 Å². The number of thiazole rings is 1. The van der Waals surface area contributed by atoms with Crippen LogP contribution in [0, 0.1) is 0 Å². The maximum atomic E-state index is 5.86. The number of nitrogens with one attached hydrogen (secondary N) is 1.